The summed E-state index contributed by atoms with van der Waals surface area (Å²) in [6.45, 7) is 3.24. The number of amides is 4. The largest absolute Gasteiger partial charge is 0.480 e. The average molecular weight is 415 g/mol. The fraction of sp³-hybridized carbons (Fsp3) is 0.706. The summed E-state index contributed by atoms with van der Waals surface area (Å²) in [5, 5.41) is 16.4. The minimum Gasteiger partial charge on any atom is -0.480 e. The van der Waals surface area contributed by atoms with Crippen LogP contribution in [-0.2, 0) is 28.7 Å². The fourth-order valence-electron chi connectivity index (χ4n) is 2.58. The van der Waals surface area contributed by atoms with Gasteiger partial charge in [0, 0.05) is 6.54 Å². The van der Waals surface area contributed by atoms with Gasteiger partial charge in [-0.05, 0) is 12.8 Å². The molecule has 1 rings (SSSR count). The summed E-state index contributed by atoms with van der Waals surface area (Å²) < 4.78 is 4.79. The van der Waals surface area contributed by atoms with E-state index < -0.39 is 66.5 Å². The van der Waals surface area contributed by atoms with Crippen LogP contribution in [0.3, 0.4) is 0 Å². The van der Waals surface area contributed by atoms with Crippen molar-refractivity contribution in [2.24, 2.45) is 11.5 Å². The van der Waals surface area contributed by atoms with E-state index in [1.165, 1.54) is 0 Å². The minimum atomic E-state index is -1.45. The standard InChI is InChI=1S/C17H29N5O7/c1-3-5-8(18)14(24)21-9(6-4-2)15(25)22-10(17(27)28)7-20-16(26)12-11(29-12)13(19)23/h8-12H,3-7,18H2,1-2H3,(H2,19,23)(H,20,26)(H,21,24)(H,22,25)(H,27,28)/t8-,9-,10-,11?,12?/m0/s1. The van der Waals surface area contributed by atoms with Crippen LogP contribution < -0.4 is 27.4 Å². The number of carboxylic acids is 1. The lowest BCUT2D eigenvalue weighted by Crippen LogP contribution is -2.56. The second-order valence-corrected chi connectivity index (χ2v) is 6.77. The molecular weight excluding hydrogens is 386 g/mol. The zero-order valence-corrected chi connectivity index (χ0v) is 16.5. The van der Waals surface area contributed by atoms with Crippen LogP contribution in [-0.4, -0.2) is 71.6 Å². The van der Waals surface area contributed by atoms with E-state index in [1.54, 1.807) is 6.92 Å². The first-order valence-corrected chi connectivity index (χ1v) is 9.43. The molecule has 1 aliphatic rings. The van der Waals surface area contributed by atoms with E-state index >= 15 is 0 Å². The van der Waals surface area contributed by atoms with E-state index in [2.05, 4.69) is 16.0 Å². The molecule has 0 aromatic carbocycles. The third-order valence-electron chi connectivity index (χ3n) is 4.27. The third kappa shape index (κ3) is 7.66. The zero-order valence-electron chi connectivity index (χ0n) is 16.5. The van der Waals surface area contributed by atoms with Crippen molar-refractivity contribution in [2.75, 3.05) is 6.54 Å². The molecule has 12 heteroatoms. The molecular formula is C17H29N5O7. The first kappa shape index (κ1) is 24.3. The second kappa shape index (κ2) is 11.3. The first-order valence-electron chi connectivity index (χ1n) is 9.43. The molecule has 0 saturated carbocycles. The van der Waals surface area contributed by atoms with Crippen molar-refractivity contribution >= 4 is 29.6 Å². The second-order valence-electron chi connectivity index (χ2n) is 6.77. The van der Waals surface area contributed by atoms with Crippen molar-refractivity contribution in [3.05, 3.63) is 0 Å². The number of epoxide rings is 1. The van der Waals surface area contributed by atoms with Crippen LogP contribution in [0, 0.1) is 0 Å². The molecule has 0 bridgehead atoms. The smallest absolute Gasteiger partial charge is 0.328 e. The number of ether oxygens (including phenoxy) is 1. The lowest BCUT2D eigenvalue weighted by molar-refractivity contribution is -0.142. The number of carboxylic acid groups (broad SMARTS) is 1. The molecule has 4 amide bonds. The quantitative estimate of drug-likeness (QED) is 0.174. The van der Waals surface area contributed by atoms with E-state index in [-0.39, 0.29) is 6.42 Å². The van der Waals surface area contributed by atoms with Gasteiger partial charge >= 0.3 is 5.97 Å². The van der Waals surface area contributed by atoms with Crippen molar-refractivity contribution in [3.63, 3.8) is 0 Å². The SMILES string of the molecule is CCC[C@H](NC(=O)[C@@H](N)CCC)C(=O)N[C@@H](CNC(=O)C1OC1C(N)=O)C(=O)O. The maximum absolute atomic E-state index is 12.5. The highest BCUT2D eigenvalue weighted by atomic mass is 16.6. The summed E-state index contributed by atoms with van der Waals surface area (Å²) in [5.74, 6) is -4.09. The maximum Gasteiger partial charge on any atom is 0.328 e. The number of carbonyl (C=O) groups excluding carboxylic acids is 4. The number of hydrogen-bond acceptors (Lipinski definition) is 7. The molecule has 164 valence electrons. The maximum atomic E-state index is 12.5. The van der Waals surface area contributed by atoms with Crippen molar-refractivity contribution in [1.29, 1.82) is 0 Å². The predicted molar refractivity (Wildman–Crippen MR) is 100 cm³/mol. The molecule has 0 aromatic heterocycles. The Bertz CT molecular complexity index is 642. The van der Waals surface area contributed by atoms with Gasteiger partial charge in [-0.25, -0.2) is 4.79 Å². The van der Waals surface area contributed by atoms with Crippen LogP contribution in [0.5, 0.6) is 0 Å². The van der Waals surface area contributed by atoms with Crippen molar-refractivity contribution in [2.45, 2.75) is 69.9 Å². The van der Waals surface area contributed by atoms with Gasteiger partial charge in [0.2, 0.25) is 17.7 Å². The number of primary amides is 1. The highest BCUT2D eigenvalue weighted by Crippen LogP contribution is 2.21. The van der Waals surface area contributed by atoms with E-state index in [1.807, 2.05) is 6.92 Å². The van der Waals surface area contributed by atoms with Gasteiger partial charge in [-0.1, -0.05) is 26.7 Å². The molecule has 1 aliphatic heterocycles. The average Bonchev–Trinajstić information content (AvgIpc) is 3.45. The lowest BCUT2D eigenvalue weighted by atomic mass is 10.1. The predicted octanol–water partition coefficient (Wildman–Crippen LogP) is -2.66. The molecule has 12 nitrogen and oxygen atoms in total. The Morgan fingerprint density at radius 2 is 1.55 bits per heavy atom. The van der Waals surface area contributed by atoms with E-state index in [0.29, 0.717) is 19.3 Å². The summed E-state index contributed by atoms with van der Waals surface area (Å²) in [7, 11) is 0. The number of nitrogens with one attached hydrogen (secondary N) is 3. The van der Waals surface area contributed by atoms with Crippen LogP contribution in [0.2, 0.25) is 0 Å². The Labute approximate surface area is 168 Å². The van der Waals surface area contributed by atoms with Gasteiger partial charge in [-0.15, -0.1) is 0 Å². The number of rotatable bonds is 13. The van der Waals surface area contributed by atoms with E-state index in [9.17, 15) is 29.1 Å². The van der Waals surface area contributed by atoms with Gasteiger partial charge in [-0.2, -0.15) is 0 Å². The summed E-state index contributed by atoms with van der Waals surface area (Å²) >= 11 is 0. The normalized spacial score (nSPS) is 20.7. The molecule has 0 spiro atoms. The summed E-state index contributed by atoms with van der Waals surface area (Å²) in [5.41, 5.74) is 10.7. The molecule has 0 radical (unpaired) electrons. The van der Waals surface area contributed by atoms with Crippen molar-refractivity contribution in [3.8, 4) is 0 Å². The van der Waals surface area contributed by atoms with Gasteiger partial charge in [0.05, 0.1) is 6.04 Å². The highest BCUT2D eigenvalue weighted by Gasteiger charge is 2.49. The van der Waals surface area contributed by atoms with Crippen LogP contribution in [0.4, 0.5) is 0 Å². The molecule has 2 unspecified atom stereocenters. The molecule has 5 atom stereocenters. The minimum absolute atomic E-state index is 0.283. The number of aliphatic carboxylic acids is 1. The van der Waals surface area contributed by atoms with Crippen LogP contribution in [0.1, 0.15) is 39.5 Å². The third-order valence-corrected chi connectivity index (χ3v) is 4.27. The number of carbonyl (C=O) groups is 5. The molecule has 8 N–H and O–H groups in total. The van der Waals surface area contributed by atoms with E-state index in [4.69, 9.17) is 16.2 Å². The van der Waals surface area contributed by atoms with Crippen molar-refractivity contribution in [1.82, 2.24) is 16.0 Å². The summed E-state index contributed by atoms with van der Waals surface area (Å²) in [6.07, 6.45) is -0.115. The topological polar surface area (TPSA) is 206 Å². The van der Waals surface area contributed by atoms with Crippen LogP contribution >= 0.6 is 0 Å². The molecule has 1 saturated heterocycles. The van der Waals surface area contributed by atoms with Gasteiger partial charge in [0.25, 0.3) is 5.91 Å². The summed E-state index contributed by atoms with van der Waals surface area (Å²) in [4.78, 5) is 58.7. The fourth-order valence-corrected chi connectivity index (χ4v) is 2.58. The molecule has 1 fully saturated rings. The molecule has 1 heterocycles. The van der Waals surface area contributed by atoms with Crippen molar-refractivity contribution < 1.29 is 33.8 Å². The Hall–Kier alpha value is -2.73. The van der Waals surface area contributed by atoms with Gasteiger partial charge in [-0.3, -0.25) is 19.2 Å². The Morgan fingerprint density at radius 3 is 2.03 bits per heavy atom. The van der Waals surface area contributed by atoms with Gasteiger partial charge in [0.15, 0.2) is 12.2 Å². The number of hydrogen-bond donors (Lipinski definition) is 6. The van der Waals surface area contributed by atoms with Gasteiger partial charge < -0.3 is 37.3 Å². The first-order chi connectivity index (χ1) is 13.6. The molecule has 0 aromatic rings. The molecule has 29 heavy (non-hydrogen) atoms. The Morgan fingerprint density at radius 1 is 0.966 bits per heavy atom. The lowest BCUT2D eigenvalue weighted by Gasteiger charge is -2.22. The zero-order chi connectivity index (χ0) is 22.1. The Kier molecular flexibility index (Phi) is 9.48. The summed E-state index contributed by atoms with van der Waals surface area (Å²) in [6, 6.07) is -3.17. The Balaban J connectivity index is 2.63. The highest BCUT2D eigenvalue weighted by molar-refractivity contribution is 5.95. The van der Waals surface area contributed by atoms with E-state index in [0.717, 1.165) is 0 Å². The monoisotopic (exact) mass is 415 g/mol. The van der Waals surface area contributed by atoms with Crippen LogP contribution in [0.15, 0.2) is 0 Å². The van der Waals surface area contributed by atoms with Gasteiger partial charge in [0.1, 0.15) is 12.1 Å². The van der Waals surface area contributed by atoms with Crippen LogP contribution in [0.25, 0.3) is 0 Å². The number of nitrogens with two attached hydrogens (primary N) is 2. The molecule has 0 aliphatic carbocycles.